The number of fused-ring (bicyclic) bond motifs is 1. The van der Waals surface area contributed by atoms with Gasteiger partial charge in [0, 0.05) is 24.0 Å². The lowest BCUT2D eigenvalue weighted by molar-refractivity contribution is -0.170. The second-order valence-electron chi connectivity index (χ2n) is 9.31. The molecule has 0 radical (unpaired) electrons. The minimum atomic E-state index is -3.81. The predicted octanol–water partition coefficient (Wildman–Crippen LogP) is 3.70. The summed E-state index contributed by atoms with van der Waals surface area (Å²) < 4.78 is 50.2. The molecular weight excluding hydrogens is 463 g/mol. The number of nitrogens with zero attached hydrogens (tertiary/aromatic N) is 4. The number of methoxy groups -OCH3 is 1. The Morgan fingerprint density at radius 1 is 1.23 bits per heavy atom. The molecule has 188 valence electrons. The lowest BCUT2D eigenvalue weighted by Crippen LogP contribution is -2.51. The molecule has 0 bridgehead atoms. The Kier molecular flexibility index (Phi) is 6.26. The van der Waals surface area contributed by atoms with Crippen molar-refractivity contribution in [2.45, 2.75) is 51.4 Å². The second-order valence-corrected chi connectivity index (χ2v) is 9.31. The lowest BCUT2D eigenvalue weighted by Gasteiger charge is -2.38. The smallest absolute Gasteiger partial charge is 0.303 e. The van der Waals surface area contributed by atoms with Crippen molar-refractivity contribution >= 4 is 22.4 Å². The number of aliphatic hydroxyl groups is 2. The molecule has 1 aliphatic rings. The average molecular weight is 492 g/mol. The van der Waals surface area contributed by atoms with Gasteiger partial charge in [0.05, 0.1) is 30.5 Å². The van der Waals surface area contributed by atoms with Crippen molar-refractivity contribution in [2.24, 2.45) is 0 Å². The molecule has 0 aliphatic carbocycles. The van der Waals surface area contributed by atoms with Crippen molar-refractivity contribution in [1.29, 1.82) is 0 Å². The molecule has 1 aliphatic heterocycles. The van der Waals surface area contributed by atoms with Crippen LogP contribution >= 0.6 is 0 Å². The number of β-amino-alcohol motifs (C(OH)–C–C–N with tert-alkyl or cyclic N) is 1. The Bertz CT molecular complexity index is 1260. The van der Waals surface area contributed by atoms with Crippen LogP contribution in [0.5, 0.6) is 5.88 Å². The summed E-state index contributed by atoms with van der Waals surface area (Å²) in [6, 6.07) is 4.72. The molecule has 1 aromatic carbocycles. The molecule has 1 saturated heterocycles. The number of pyridine rings is 1. The van der Waals surface area contributed by atoms with E-state index >= 15 is 4.39 Å². The quantitative estimate of drug-likeness (QED) is 0.460. The molecule has 3 heterocycles. The number of aliphatic hydroxyl groups excluding tert-OH is 1. The second kappa shape index (κ2) is 8.80. The topological polar surface area (TPSA) is 104 Å². The van der Waals surface area contributed by atoms with Crippen LogP contribution in [0, 0.1) is 12.7 Å². The summed E-state index contributed by atoms with van der Waals surface area (Å²) in [5, 5.41) is 31.6. The highest BCUT2D eigenvalue weighted by Gasteiger charge is 2.49. The molecular formula is C24H28F3N5O3. The van der Waals surface area contributed by atoms with Crippen molar-refractivity contribution in [3.8, 4) is 5.88 Å². The number of aromatic nitrogens is 3. The van der Waals surface area contributed by atoms with Gasteiger partial charge in [0.2, 0.25) is 5.88 Å². The summed E-state index contributed by atoms with van der Waals surface area (Å²) in [6.45, 7) is 6.07. The number of ether oxygens (including phenoxy) is 1. The van der Waals surface area contributed by atoms with Gasteiger partial charge in [-0.05, 0) is 39.8 Å². The maximum Gasteiger partial charge on any atom is 0.303 e. The maximum atomic E-state index is 15.3. The van der Waals surface area contributed by atoms with E-state index in [4.69, 9.17) is 4.74 Å². The number of aryl methyl sites for hydroxylation is 1. The van der Waals surface area contributed by atoms with E-state index in [9.17, 15) is 19.0 Å². The molecule has 35 heavy (non-hydrogen) atoms. The molecule has 11 heteroatoms. The number of nitrogens with one attached hydrogen (secondary N) is 1. The fourth-order valence-corrected chi connectivity index (χ4v) is 4.04. The number of benzene rings is 1. The van der Waals surface area contributed by atoms with Crippen LogP contribution in [-0.2, 0) is 5.92 Å². The standard InChI is InChI=1S/C24H28F3N5O3/c1-12(15-7-6-8-17(19(15)25)24(26,27)23(3,4)34)28-21-16-9-18(32-10-14(33)11-32)22(35-5)29-20(16)13(2)30-31-21/h6-9,12,14,33-34H,10-11H2,1-5H3,(H,28,31)/t12-/m1/s1. The number of anilines is 2. The normalized spacial score (nSPS) is 15.8. The van der Waals surface area contributed by atoms with Crippen LogP contribution in [0.1, 0.15) is 43.6 Å². The first-order chi connectivity index (χ1) is 16.3. The Morgan fingerprint density at radius 2 is 1.91 bits per heavy atom. The van der Waals surface area contributed by atoms with E-state index in [-0.39, 0.29) is 11.4 Å². The third-order valence-electron chi connectivity index (χ3n) is 6.22. The van der Waals surface area contributed by atoms with Crippen molar-refractivity contribution in [2.75, 3.05) is 30.4 Å². The number of alkyl halides is 2. The van der Waals surface area contributed by atoms with E-state index in [0.717, 1.165) is 19.9 Å². The summed E-state index contributed by atoms with van der Waals surface area (Å²) in [5.74, 6) is -4.26. The molecule has 1 fully saturated rings. The van der Waals surface area contributed by atoms with Gasteiger partial charge in [-0.25, -0.2) is 9.37 Å². The van der Waals surface area contributed by atoms with Gasteiger partial charge in [0.25, 0.3) is 0 Å². The summed E-state index contributed by atoms with van der Waals surface area (Å²) in [5.41, 5.74) is -1.64. The zero-order valence-corrected chi connectivity index (χ0v) is 20.1. The van der Waals surface area contributed by atoms with E-state index < -0.39 is 35.1 Å². The third-order valence-corrected chi connectivity index (χ3v) is 6.22. The number of halogens is 3. The van der Waals surface area contributed by atoms with E-state index in [2.05, 4.69) is 20.5 Å². The van der Waals surface area contributed by atoms with E-state index in [1.54, 1.807) is 19.9 Å². The number of hydrogen-bond acceptors (Lipinski definition) is 8. The van der Waals surface area contributed by atoms with Gasteiger partial charge in [0.15, 0.2) is 5.82 Å². The first-order valence-corrected chi connectivity index (χ1v) is 11.2. The number of rotatable bonds is 7. The summed E-state index contributed by atoms with van der Waals surface area (Å²) >= 11 is 0. The van der Waals surface area contributed by atoms with Crippen LogP contribution in [0.25, 0.3) is 10.9 Å². The maximum absolute atomic E-state index is 15.3. The van der Waals surface area contributed by atoms with Gasteiger partial charge in [-0.2, -0.15) is 13.9 Å². The van der Waals surface area contributed by atoms with E-state index in [0.29, 0.717) is 41.3 Å². The molecule has 0 saturated carbocycles. The van der Waals surface area contributed by atoms with Crippen LogP contribution in [0.4, 0.5) is 24.7 Å². The SMILES string of the molecule is COc1nc2c(C)nnc(N[C@H](C)c3cccc(C(F)(F)C(C)(C)O)c3F)c2cc1N1CC(O)C1. The van der Waals surface area contributed by atoms with Crippen LogP contribution in [0.15, 0.2) is 24.3 Å². The van der Waals surface area contributed by atoms with Crippen molar-refractivity contribution < 1.29 is 28.1 Å². The van der Waals surface area contributed by atoms with Gasteiger partial charge in [-0.3, -0.25) is 0 Å². The Labute approximate surface area is 200 Å². The van der Waals surface area contributed by atoms with Crippen LogP contribution in [-0.4, -0.2) is 57.3 Å². The fourth-order valence-electron chi connectivity index (χ4n) is 4.04. The van der Waals surface area contributed by atoms with Gasteiger partial charge in [0.1, 0.15) is 22.6 Å². The van der Waals surface area contributed by atoms with Crippen LogP contribution in [0.3, 0.4) is 0 Å². The molecule has 0 spiro atoms. The molecule has 3 N–H and O–H groups in total. The van der Waals surface area contributed by atoms with Crippen LogP contribution in [0.2, 0.25) is 0 Å². The zero-order valence-electron chi connectivity index (χ0n) is 20.1. The predicted molar refractivity (Wildman–Crippen MR) is 125 cm³/mol. The monoisotopic (exact) mass is 491 g/mol. The lowest BCUT2D eigenvalue weighted by atomic mass is 9.91. The Balaban J connectivity index is 1.74. The van der Waals surface area contributed by atoms with Gasteiger partial charge >= 0.3 is 5.92 Å². The number of hydrogen-bond donors (Lipinski definition) is 3. The zero-order chi connectivity index (χ0) is 25.7. The minimum Gasteiger partial charge on any atom is -0.480 e. The van der Waals surface area contributed by atoms with Crippen molar-refractivity contribution in [3.63, 3.8) is 0 Å². The highest BCUT2D eigenvalue weighted by molar-refractivity contribution is 5.94. The summed E-state index contributed by atoms with van der Waals surface area (Å²) in [7, 11) is 1.50. The van der Waals surface area contributed by atoms with E-state index in [1.165, 1.54) is 19.2 Å². The summed E-state index contributed by atoms with van der Waals surface area (Å²) in [6.07, 6.45) is -0.442. The minimum absolute atomic E-state index is 0.0190. The van der Waals surface area contributed by atoms with Crippen LogP contribution < -0.4 is 15.0 Å². The molecule has 8 nitrogen and oxygen atoms in total. The Morgan fingerprint density at radius 3 is 2.51 bits per heavy atom. The average Bonchev–Trinajstić information content (AvgIpc) is 2.77. The van der Waals surface area contributed by atoms with Crippen molar-refractivity contribution in [3.05, 3.63) is 46.9 Å². The third kappa shape index (κ3) is 4.34. The first-order valence-electron chi connectivity index (χ1n) is 11.2. The Hall–Kier alpha value is -3.18. The van der Waals surface area contributed by atoms with E-state index in [1.807, 2.05) is 4.90 Å². The molecule has 2 aromatic heterocycles. The largest absolute Gasteiger partial charge is 0.480 e. The molecule has 0 unspecified atom stereocenters. The van der Waals surface area contributed by atoms with Gasteiger partial charge in [-0.15, -0.1) is 5.10 Å². The molecule has 0 amide bonds. The first kappa shape index (κ1) is 24.9. The molecule has 3 aromatic rings. The van der Waals surface area contributed by atoms with Gasteiger partial charge in [-0.1, -0.05) is 12.1 Å². The highest BCUT2D eigenvalue weighted by atomic mass is 19.3. The molecule has 4 rings (SSSR count). The van der Waals surface area contributed by atoms with Crippen molar-refractivity contribution in [1.82, 2.24) is 15.2 Å². The van der Waals surface area contributed by atoms with Gasteiger partial charge < -0.3 is 25.2 Å². The highest BCUT2D eigenvalue weighted by Crippen LogP contribution is 2.42. The molecule has 1 atom stereocenters. The fraction of sp³-hybridized carbons (Fsp3) is 0.458. The summed E-state index contributed by atoms with van der Waals surface area (Å²) in [4.78, 5) is 6.47.